The molecule has 0 heterocycles. The van der Waals surface area contributed by atoms with Crippen LogP contribution in [-0.4, -0.2) is 18.1 Å². The van der Waals surface area contributed by atoms with Crippen LogP contribution in [0.15, 0.2) is 11.8 Å². The zero-order valence-electron chi connectivity index (χ0n) is 4.93. The van der Waals surface area contributed by atoms with Crippen LogP contribution >= 0.6 is 0 Å². The molecule has 0 saturated carbocycles. The number of carbonyl (C=O) groups is 1. The van der Waals surface area contributed by atoms with Crippen LogP contribution < -0.4 is 5.32 Å². The Hall–Kier alpha value is -0.990. The quantitative estimate of drug-likeness (QED) is 0.505. The first-order chi connectivity index (χ1) is 3.66. The molecule has 0 aromatic carbocycles. The zero-order chi connectivity index (χ0) is 6.57. The molecule has 0 rings (SSSR count). The standard InChI is InChI=1S/C5H9NO2/c1-4(6-2)3-5(7)8/h3,6H,1-2H3,(H,7,8)/b4-3+. The molecule has 8 heavy (non-hydrogen) atoms. The molecule has 2 N–H and O–H groups in total. The van der Waals surface area contributed by atoms with Crippen molar-refractivity contribution in [3.63, 3.8) is 0 Å². The number of carboxylic acids is 1. The SMILES string of the molecule is CN/C(C)=C/C(=O)O. The molecule has 0 aliphatic carbocycles. The first-order valence-electron chi connectivity index (χ1n) is 2.26. The number of hydrogen-bond donors (Lipinski definition) is 2. The number of rotatable bonds is 2. The third kappa shape index (κ3) is 3.21. The highest BCUT2D eigenvalue weighted by molar-refractivity contribution is 5.80. The van der Waals surface area contributed by atoms with Crippen molar-refractivity contribution < 1.29 is 9.90 Å². The molecule has 0 aliphatic rings. The lowest BCUT2D eigenvalue weighted by Crippen LogP contribution is -2.04. The highest BCUT2D eigenvalue weighted by Crippen LogP contribution is 1.81. The van der Waals surface area contributed by atoms with Crippen LogP contribution in [-0.2, 0) is 4.79 Å². The van der Waals surface area contributed by atoms with Crippen molar-refractivity contribution in [2.75, 3.05) is 7.05 Å². The lowest BCUT2D eigenvalue weighted by atomic mass is 10.4. The van der Waals surface area contributed by atoms with Gasteiger partial charge < -0.3 is 10.4 Å². The topological polar surface area (TPSA) is 49.3 Å². The fourth-order valence-corrected chi connectivity index (χ4v) is 0.257. The van der Waals surface area contributed by atoms with E-state index in [4.69, 9.17) is 5.11 Å². The van der Waals surface area contributed by atoms with Crippen molar-refractivity contribution in [2.24, 2.45) is 0 Å². The van der Waals surface area contributed by atoms with Gasteiger partial charge in [-0.2, -0.15) is 0 Å². The second kappa shape index (κ2) is 3.07. The van der Waals surface area contributed by atoms with E-state index in [2.05, 4.69) is 5.32 Å². The third-order valence-corrected chi connectivity index (χ3v) is 0.734. The summed E-state index contributed by atoms with van der Waals surface area (Å²) in [5, 5.41) is 10.8. The van der Waals surface area contributed by atoms with Gasteiger partial charge in [0.05, 0.1) is 0 Å². The highest BCUT2D eigenvalue weighted by Gasteiger charge is 1.87. The van der Waals surface area contributed by atoms with E-state index >= 15 is 0 Å². The van der Waals surface area contributed by atoms with E-state index in [0.29, 0.717) is 5.70 Å². The van der Waals surface area contributed by atoms with Crippen LogP contribution in [0.5, 0.6) is 0 Å². The zero-order valence-corrected chi connectivity index (χ0v) is 4.93. The fraction of sp³-hybridized carbons (Fsp3) is 0.400. The van der Waals surface area contributed by atoms with Gasteiger partial charge in [0.25, 0.3) is 0 Å². The lowest BCUT2D eigenvalue weighted by Gasteiger charge is -1.92. The van der Waals surface area contributed by atoms with Crippen LogP contribution in [0.25, 0.3) is 0 Å². The fourth-order valence-electron chi connectivity index (χ4n) is 0.257. The molecule has 3 heteroatoms. The minimum Gasteiger partial charge on any atom is -0.478 e. The predicted molar refractivity (Wildman–Crippen MR) is 30.5 cm³/mol. The van der Waals surface area contributed by atoms with Crippen molar-refractivity contribution >= 4 is 5.97 Å². The highest BCUT2D eigenvalue weighted by atomic mass is 16.4. The molecule has 0 amide bonds. The van der Waals surface area contributed by atoms with E-state index in [1.807, 2.05) is 0 Å². The molecule has 0 spiro atoms. The van der Waals surface area contributed by atoms with Crippen molar-refractivity contribution in [3.8, 4) is 0 Å². The minimum absolute atomic E-state index is 0.650. The van der Waals surface area contributed by atoms with E-state index in [9.17, 15) is 4.79 Å². The van der Waals surface area contributed by atoms with E-state index in [0.717, 1.165) is 6.08 Å². The molecule has 0 aromatic rings. The lowest BCUT2D eigenvalue weighted by molar-refractivity contribution is -0.131. The molecule has 0 fully saturated rings. The smallest absolute Gasteiger partial charge is 0.330 e. The average Bonchev–Trinajstić information content (AvgIpc) is 1.65. The molecule has 0 aliphatic heterocycles. The maximum atomic E-state index is 9.85. The molecule has 46 valence electrons. The summed E-state index contributed by atoms with van der Waals surface area (Å²) >= 11 is 0. The van der Waals surface area contributed by atoms with E-state index in [1.54, 1.807) is 14.0 Å². The van der Waals surface area contributed by atoms with E-state index in [1.165, 1.54) is 0 Å². The molecule has 0 saturated heterocycles. The Labute approximate surface area is 48.0 Å². The predicted octanol–water partition coefficient (Wildman–Crippen LogP) is 0.194. The van der Waals surface area contributed by atoms with Crippen LogP contribution in [0, 0.1) is 0 Å². The van der Waals surface area contributed by atoms with Gasteiger partial charge in [-0.05, 0) is 6.92 Å². The van der Waals surface area contributed by atoms with Gasteiger partial charge in [-0.25, -0.2) is 4.79 Å². The van der Waals surface area contributed by atoms with E-state index in [-0.39, 0.29) is 0 Å². The molecule has 0 atom stereocenters. The molecule has 3 nitrogen and oxygen atoms in total. The second-order valence-electron chi connectivity index (χ2n) is 1.42. The Morgan fingerprint density at radius 3 is 2.38 bits per heavy atom. The molecule has 0 radical (unpaired) electrons. The van der Waals surface area contributed by atoms with Crippen molar-refractivity contribution in [1.82, 2.24) is 5.32 Å². The first kappa shape index (κ1) is 7.01. The number of allylic oxidation sites excluding steroid dienone is 1. The third-order valence-electron chi connectivity index (χ3n) is 0.734. The Morgan fingerprint density at radius 1 is 1.75 bits per heavy atom. The first-order valence-corrected chi connectivity index (χ1v) is 2.26. The number of hydrogen-bond acceptors (Lipinski definition) is 2. The summed E-state index contributed by atoms with van der Waals surface area (Å²) in [5.41, 5.74) is 0.650. The van der Waals surface area contributed by atoms with Gasteiger partial charge in [-0.3, -0.25) is 0 Å². The van der Waals surface area contributed by atoms with E-state index < -0.39 is 5.97 Å². The van der Waals surface area contributed by atoms with Crippen molar-refractivity contribution in [1.29, 1.82) is 0 Å². The molecule has 0 bridgehead atoms. The van der Waals surface area contributed by atoms with Crippen molar-refractivity contribution in [2.45, 2.75) is 6.92 Å². The maximum Gasteiger partial charge on any atom is 0.330 e. The Morgan fingerprint density at radius 2 is 2.25 bits per heavy atom. The summed E-state index contributed by atoms with van der Waals surface area (Å²) in [7, 11) is 1.68. The maximum absolute atomic E-state index is 9.85. The molecule has 0 aromatic heterocycles. The number of aliphatic carboxylic acids is 1. The van der Waals surface area contributed by atoms with Crippen LogP contribution in [0.1, 0.15) is 6.92 Å². The molecular weight excluding hydrogens is 106 g/mol. The Bertz CT molecular complexity index is 118. The summed E-state index contributed by atoms with van der Waals surface area (Å²) in [4.78, 5) is 9.85. The van der Waals surface area contributed by atoms with Crippen LogP contribution in [0.2, 0.25) is 0 Å². The van der Waals surface area contributed by atoms with Gasteiger partial charge in [0.2, 0.25) is 0 Å². The Kier molecular flexibility index (Phi) is 2.69. The number of carboxylic acid groups (broad SMARTS) is 1. The van der Waals surface area contributed by atoms with Gasteiger partial charge in [0.15, 0.2) is 0 Å². The van der Waals surface area contributed by atoms with Crippen molar-refractivity contribution in [3.05, 3.63) is 11.8 Å². The summed E-state index contributed by atoms with van der Waals surface area (Å²) in [6, 6.07) is 0. The number of nitrogens with one attached hydrogen (secondary N) is 1. The van der Waals surface area contributed by atoms with Gasteiger partial charge in [-0.15, -0.1) is 0 Å². The monoisotopic (exact) mass is 115 g/mol. The van der Waals surface area contributed by atoms with Crippen LogP contribution in [0.3, 0.4) is 0 Å². The summed E-state index contributed by atoms with van der Waals surface area (Å²) in [6.07, 6.45) is 1.11. The average molecular weight is 115 g/mol. The molecule has 0 unspecified atom stereocenters. The summed E-state index contributed by atoms with van der Waals surface area (Å²) < 4.78 is 0. The summed E-state index contributed by atoms with van der Waals surface area (Å²) in [6.45, 7) is 1.69. The largest absolute Gasteiger partial charge is 0.478 e. The summed E-state index contributed by atoms with van der Waals surface area (Å²) in [5.74, 6) is -0.920. The molecular formula is C5H9NO2. The normalized spacial score (nSPS) is 11.0. The Balaban J connectivity index is 3.75. The second-order valence-corrected chi connectivity index (χ2v) is 1.42. The van der Waals surface area contributed by atoms with Gasteiger partial charge in [-0.1, -0.05) is 0 Å². The van der Waals surface area contributed by atoms with Gasteiger partial charge in [0, 0.05) is 18.8 Å². The minimum atomic E-state index is -0.920. The van der Waals surface area contributed by atoms with Crippen LogP contribution in [0.4, 0.5) is 0 Å². The van der Waals surface area contributed by atoms with Gasteiger partial charge >= 0.3 is 5.97 Å². The van der Waals surface area contributed by atoms with Gasteiger partial charge in [0.1, 0.15) is 0 Å².